The number of ether oxygens (including phenoxy) is 5. The number of esters is 1. The van der Waals surface area contributed by atoms with Crippen molar-refractivity contribution in [1.82, 2.24) is 0 Å². The van der Waals surface area contributed by atoms with E-state index in [-0.39, 0.29) is 6.61 Å². The van der Waals surface area contributed by atoms with E-state index in [9.17, 15) is 4.79 Å². The summed E-state index contributed by atoms with van der Waals surface area (Å²) in [6, 6.07) is 12.9. The summed E-state index contributed by atoms with van der Waals surface area (Å²) in [5.74, 6) is 2.03. The van der Waals surface area contributed by atoms with Gasteiger partial charge in [-0.3, -0.25) is 0 Å². The second-order valence-electron chi connectivity index (χ2n) is 5.41. The van der Waals surface area contributed by atoms with E-state index in [4.69, 9.17) is 23.7 Å². The molecule has 1 aliphatic heterocycles. The fourth-order valence-electron chi connectivity index (χ4n) is 2.42. The summed E-state index contributed by atoms with van der Waals surface area (Å²) >= 11 is 0. The van der Waals surface area contributed by atoms with Crippen LogP contribution in [0.3, 0.4) is 0 Å². The van der Waals surface area contributed by atoms with Gasteiger partial charge >= 0.3 is 5.97 Å². The first kappa shape index (κ1) is 17.7. The minimum atomic E-state index is -0.449. The van der Waals surface area contributed by atoms with Crippen molar-refractivity contribution >= 4 is 12.0 Å². The number of hydrogen-bond acceptors (Lipinski definition) is 6. The van der Waals surface area contributed by atoms with Crippen molar-refractivity contribution in [3.05, 3.63) is 54.1 Å². The van der Waals surface area contributed by atoms with Crippen molar-refractivity contribution in [3.8, 4) is 23.0 Å². The third-order valence-corrected chi connectivity index (χ3v) is 3.60. The lowest BCUT2D eigenvalue weighted by Gasteiger charge is -2.20. The molecule has 0 spiro atoms. The van der Waals surface area contributed by atoms with Crippen molar-refractivity contribution < 1.29 is 28.5 Å². The van der Waals surface area contributed by atoms with Gasteiger partial charge in [0.25, 0.3) is 0 Å². The number of hydrogen-bond donors (Lipinski definition) is 0. The Bertz CT molecular complexity index is 752. The summed E-state index contributed by atoms with van der Waals surface area (Å²) in [5.41, 5.74) is 0.753. The predicted molar refractivity (Wildman–Crippen MR) is 95.9 cm³/mol. The summed E-state index contributed by atoms with van der Waals surface area (Å²) in [4.78, 5) is 11.8. The van der Waals surface area contributed by atoms with Gasteiger partial charge in [0.1, 0.15) is 32.2 Å². The van der Waals surface area contributed by atoms with Crippen LogP contribution < -0.4 is 18.9 Å². The first-order valence-corrected chi connectivity index (χ1v) is 8.26. The summed E-state index contributed by atoms with van der Waals surface area (Å²) in [6.07, 6.45) is 2.99. The predicted octanol–water partition coefficient (Wildman–Crippen LogP) is 3.10. The van der Waals surface area contributed by atoms with Crippen LogP contribution in [0.1, 0.15) is 5.56 Å². The molecule has 0 fully saturated rings. The molecule has 0 aliphatic carbocycles. The van der Waals surface area contributed by atoms with Crippen molar-refractivity contribution in [1.29, 1.82) is 0 Å². The van der Waals surface area contributed by atoms with Crippen molar-refractivity contribution in [3.63, 3.8) is 0 Å². The second kappa shape index (κ2) is 8.80. The highest BCUT2D eigenvalue weighted by Crippen LogP contribution is 2.40. The highest BCUT2D eigenvalue weighted by molar-refractivity contribution is 5.87. The first-order chi connectivity index (χ1) is 12.8. The number of rotatable bonds is 7. The van der Waals surface area contributed by atoms with Crippen LogP contribution in [0.2, 0.25) is 0 Å². The molecule has 2 aromatic rings. The molecule has 0 bridgehead atoms. The fraction of sp³-hybridized carbons (Fsp3) is 0.250. The molecule has 0 N–H and O–H groups in total. The molecular formula is C20H20O6. The Morgan fingerprint density at radius 1 is 1.12 bits per heavy atom. The van der Waals surface area contributed by atoms with Crippen LogP contribution in [0, 0.1) is 0 Å². The second-order valence-corrected chi connectivity index (χ2v) is 5.41. The maximum Gasteiger partial charge on any atom is 0.330 e. The lowest BCUT2D eigenvalue weighted by molar-refractivity contribution is -0.138. The molecule has 0 saturated carbocycles. The lowest BCUT2D eigenvalue weighted by Crippen LogP contribution is -2.16. The summed E-state index contributed by atoms with van der Waals surface area (Å²) < 4.78 is 27.0. The standard InChI is InChI=1S/C20H20O6/c1-22-17-13-15(14-18-20(17)26-12-10-24-18)7-8-19(21)25-11-9-23-16-5-3-2-4-6-16/h2-8,13-14H,9-12H2,1H3/b8-7+. The zero-order valence-corrected chi connectivity index (χ0v) is 14.5. The first-order valence-electron chi connectivity index (χ1n) is 8.26. The zero-order valence-electron chi connectivity index (χ0n) is 14.5. The molecule has 3 rings (SSSR count). The van der Waals surface area contributed by atoms with Crippen molar-refractivity contribution in [2.75, 3.05) is 33.5 Å². The fourth-order valence-corrected chi connectivity index (χ4v) is 2.42. The molecule has 1 heterocycles. The van der Waals surface area contributed by atoms with Gasteiger partial charge in [0.05, 0.1) is 7.11 Å². The van der Waals surface area contributed by atoms with Crippen LogP contribution in [0.4, 0.5) is 0 Å². The average molecular weight is 356 g/mol. The molecule has 26 heavy (non-hydrogen) atoms. The number of para-hydroxylation sites is 1. The van der Waals surface area contributed by atoms with Gasteiger partial charge in [0.15, 0.2) is 11.5 Å². The Labute approximate surface area is 151 Å². The van der Waals surface area contributed by atoms with Crippen LogP contribution in [0.15, 0.2) is 48.5 Å². The van der Waals surface area contributed by atoms with Gasteiger partial charge in [-0.1, -0.05) is 18.2 Å². The maximum absolute atomic E-state index is 11.8. The van der Waals surface area contributed by atoms with Gasteiger partial charge in [0, 0.05) is 6.08 Å². The van der Waals surface area contributed by atoms with Gasteiger partial charge in [-0.25, -0.2) is 4.79 Å². The summed E-state index contributed by atoms with van der Waals surface area (Å²) in [7, 11) is 1.56. The Hall–Kier alpha value is -3.15. The molecule has 0 aromatic heterocycles. The van der Waals surface area contributed by atoms with Gasteiger partial charge in [-0.15, -0.1) is 0 Å². The van der Waals surface area contributed by atoms with E-state index >= 15 is 0 Å². The number of benzene rings is 2. The smallest absolute Gasteiger partial charge is 0.330 e. The molecule has 0 radical (unpaired) electrons. The van der Waals surface area contributed by atoms with E-state index in [1.807, 2.05) is 30.3 Å². The van der Waals surface area contributed by atoms with Crippen LogP contribution in [0.25, 0.3) is 6.08 Å². The maximum atomic E-state index is 11.8. The summed E-state index contributed by atoms with van der Waals surface area (Å²) in [6.45, 7) is 1.42. The molecule has 136 valence electrons. The van der Waals surface area contributed by atoms with E-state index in [2.05, 4.69) is 0 Å². The molecule has 6 heteroatoms. The summed E-state index contributed by atoms with van der Waals surface area (Å²) in [5, 5.41) is 0. The topological polar surface area (TPSA) is 63.2 Å². The SMILES string of the molecule is COc1cc(/C=C/C(=O)OCCOc2ccccc2)cc2c1OCCO2. The Kier molecular flexibility index (Phi) is 5.98. The van der Waals surface area contributed by atoms with Crippen LogP contribution in [0.5, 0.6) is 23.0 Å². The highest BCUT2D eigenvalue weighted by atomic mass is 16.6. The number of carbonyl (C=O) groups excluding carboxylic acids is 1. The average Bonchev–Trinajstić information content (AvgIpc) is 2.69. The Morgan fingerprint density at radius 2 is 1.92 bits per heavy atom. The monoisotopic (exact) mass is 356 g/mol. The Balaban J connectivity index is 1.51. The Morgan fingerprint density at radius 3 is 2.73 bits per heavy atom. The number of fused-ring (bicyclic) bond motifs is 1. The van der Waals surface area contributed by atoms with E-state index in [1.54, 1.807) is 25.3 Å². The third-order valence-electron chi connectivity index (χ3n) is 3.60. The minimum Gasteiger partial charge on any atom is -0.493 e. The van der Waals surface area contributed by atoms with Crippen LogP contribution in [-0.4, -0.2) is 39.5 Å². The molecule has 1 aliphatic rings. The van der Waals surface area contributed by atoms with E-state index in [0.29, 0.717) is 37.1 Å². The molecule has 0 amide bonds. The van der Waals surface area contributed by atoms with E-state index < -0.39 is 5.97 Å². The molecule has 0 atom stereocenters. The van der Waals surface area contributed by atoms with Crippen LogP contribution in [-0.2, 0) is 9.53 Å². The quantitative estimate of drug-likeness (QED) is 0.432. The van der Waals surface area contributed by atoms with Crippen molar-refractivity contribution in [2.24, 2.45) is 0 Å². The normalized spacial score (nSPS) is 12.7. The third kappa shape index (κ3) is 4.69. The van der Waals surface area contributed by atoms with E-state index in [1.165, 1.54) is 6.08 Å². The van der Waals surface area contributed by atoms with Crippen LogP contribution >= 0.6 is 0 Å². The molecule has 0 unspecified atom stereocenters. The number of methoxy groups -OCH3 is 1. The zero-order chi connectivity index (χ0) is 18.2. The number of carbonyl (C=O) groups is 1. The molecule has 6 nitrogen and oxygen atoms in total. The van der Waals surface area contributed by atoms with E-state index in [0.717, 1.165) is 11.3 Å². The molecule has 0 saturated heterocycles. The molecule has 2 aromatic carbocycles. The lowest BCUT2D eigenvalue weighted by atomic mass is 10.1. The van der Waals surface area contributed by atoms with Gasteiger partial charge in [0.2, 0.25) is 5.75 Å². The van der Waals surface area contributed by atoms with Gasteiger partial charge in [-0.2, -0.15) is 0 Å². The van der Waals surface area contributed by atoms with Crippen molar-refractivity contribution in [2.45, 2.75) is 0 Å². The minimum absolute atomic E-state index is 0.169. The van der Waals surface area contributed by atoms with Gasteiger partial charge < -0.3 is 23.7 Å². The highest BCUT2D eigenvalue weighted by Gasteiger charge is 2.17. The largest absolute Gasteiger partial charge is 0.493 e. The van der Waals surface area contributed by atoms with Gasteiger partial charge in [-0.05, 0) is 35.9 Å². The molecular weight excluding hydrogens is 336 g/mol.